The van der Waals surface area contributed by atoms with Crippen LogP contribution in [0.5, 0.6) is 0 Å². The predicted octanol–water partition coefficient (Wildman–Crippen LogP) is 2.48. The molecule has 0 radical (unpaired) electrons. The van der Waals surface area contributed by atoms with E-state index in [9.17, 15) is 19.1 Å². The minimum Gasteiger partial charge on any atom is -0.391 e. The van der Waals surface area contributed by atoms with Crippen molar-refractivity contribution in [2.24, 2.45) is 12.5 Å². The summed E-state index contributed by atoms with van der Waals surface area (Å²) in [6.45, 7) is 5.88. The first-order chi connectivity index (χ1) is 18.0. The first-order valence-corrected chi connectivity index (χ1v) is 13.0. The largest absolute Gasteiger partial charge is 0.391 e. The van der Waals surface area contributed by atoms with Crippen molar-refractivity contribution < 1.29 is 19.1 Å². The number of aryl methyl sites for hydroxylation is 1. The summed E-state index contributed by atoms with van der Waals surface area (Å²) in [5.74, 6) is -0.687. The summed E-state index contributed by atoms with van der Waals surface area (Å²) in [5.41, 5.74) is 1.74. The fourth-order valence-corrected chi connectivity index (χ4v) is 5.17. The third-order valence-corrected chi connectivity index (χ3v) is 7.26. The average molecular weight is 524 g/mol. The van der Waals surface area contributed by atoms with Crippen LogP contribution in [0.1, 0.15) is 74.9 Å². The van der Waals surface area contributed by atoms with Gasteiger partial charge in [-0.05, 0) is 36.0 Å². The van der Waals surface area contributed by atoms with Crippen molar-refractivity contribution in [3.05, 3.63) is 65.5 Å². The van der Waals surface area contributed by atoms with Crippen LogP contribution in [0.3, 0.4) is 0 Å². The highest BCUT2D eigenvalue weighted by molar-refractivity contribution is 5.90. The summed E-state index contributed by atoms with van der Waals surface area (Å²) in [6, 6.07) is 3.70. The zero-order valence-corrected chi connectivity index (χ0v) is 22.1. The van der Waals surface area contributed by atoms with Crippen LogP contribution in [0.15, 0.2) is 42.9 Å². The Labute approximate surface area is 220 Å². The molecule has 0 bridgehead atoms. The van der Waals surface area contributed by atoms with Gasteiger partial charge in [0, 0.05) is 43.9 Å². The van der Waals surface area contributed by atoms with Gasteiger partial charge >= 0.3 is 0 Å². The fraction of sp³-hybridized carbons (Fsp3) is 0.519. The van der Waals surface area contributed by atoms with E-state index in [4.69, 9.17) is 0 Å². The second-order valence-corrected chi connectivity index (χ2v) is 11.5. The second-order valence-electron chi connectivity index (χ2n) is 11.5. The monoisotopic (exact) mass is 523 g/mol. The van der Waals surface area contributed by atoms with Crippen LogP contribution in [0.2, 0.25) is 0 Å². The molecule has 0 spiro atoms. The van der Waals surface area contributed by atoms with Crippen LogP contribution in [0.4, 0.5) is 4.39 Å². The molecule has 3 unspecified atom stereocenters. The number of hydrogen-bond acceptors (Lipinski definition) is 6. The molecule has 38 heavy (non-hydrogen) atoms. The Hall–Kier alpha value is -3.60. The van der Waals surface area contributed by atoms with E-state index in [-0.39, 0.29) is 24.7 Å². The van der Waals surface area contributed by atoms with Crippen molar-refractivity contribution in [2.75, 3.05) is 6.54 Å². The van der Waals surface area contributed by atoms with Crippen LogP contribution < -0.4 is 5.32 Å². The first-order valence-electron chi connectivity index (χ1n) is 13.0. The molecule has 11 heteroatoms. The first kappa shape index (κ1) is 26.0. The van der Waals surface area contributed by atoms with Crippen molar-refractivity contribution >= 4 is 11.8 Å². The van der Waals surface area contributed by atoms with Crippen LogP contribution in [-0.2, 0) is 16.6 Å². The molecular weight excluding hydrogens is 489 g/mol. The number of carbonyl (C=O) groups is 2. The zero-order valence-electron chi connectivity index (χ0n) is 22.1. The summed E-state index contributed by atoms with van der Waals surface area (Å²) in [7, 11) is 1.77. The maximum atomic E-state index is 14.0. The number of aliphatic hydroxyl groups is 1. The molecule has 2 N–H and O–H groups in total. The van der Waals surface area contributed by atoms with Crippen LogP contribution in [0, 0.1) is 11.2 Å². The third-order valence-electron chi connectivity index (χ3n) is 7.26. The maximum absolute atomic E-state index is 14.0. The molecule has 2 aliphatic rings. The van der Waals surface area contributed by atoms with Crippen molar-refractivity contribution in [3.63, 3.8) is 0 Å². The van der Waals surface area contributed by atoms with Gasteiger partial charge in [-0.3, -0.25) is 14.3 Å². The van der Waals surface area contributed by atoms with E-state index in [1.165, 1.54) is 17.0 Å². The molecule has 3 aromatic rings. The van der Waals surface area contributed by atoms with Gasteiger partial charge in [-0.2, -0.15) is 5.10 Å². The molecule has 10 nitrogen and oxygen atoms in total. The molecule has 3 heterocycles. The molecular formula is C27H34FN7O3. The van der Waals surface area contributed by atoms with E-state index in [1.54, 1.807) is 40.9 Å². The van der Waals surface area contributed by atoms with E-state index >= 15 is 0 Å². The smallest absolute Gasteiger partial charge is 0.248 e. The van der Waals surface area contributed by atoms with Gasteiger partial charge in [-0.1, -0.05) is 38.1 Å². The highest BCUT2D eigenvalue weighted by Gasteiger charge is 2.46. The number of nitrogens with zero attached hydrogens (tertiary/aromatic N) is 6. The van der Waals surface area contributed by atoms with E-state index in [2.05, 4.69) is 20.7 Å². The lowest BCUT2D eigenvalue weighted by Gasteiger charge is -2.35. The van der Waals surface area contributed by atoms with Crippen molar-refractivity contribution in [2.45, 2.75) is 70.2 Å². The van der Waals surface area contributed by atoms with Gasteiger partial charge in [-0.15, -0.1) is 5.10 Å². The topological polar surface area (TPSA) is 118 Å². The molecule has 1 saturated heterocycles. The molecule has 202 valence electrons. The van der Waals surface area contributed by atoms with Gasteiger partial charge in [0.15, 0.2) is 0 Å². The molecule has 1 saturated carbocycles. The van der Waals surface area contributed by atoms with Crippen LogP contribution in [0.25, 0.3) is 0 Å². The highest BCUT2D eigenvalue weighted by Crippen LogP contribution is 2.40. The Balaban J connectivity index is 1.41. The summed E-state index contributed by atoms with van der Waals surface area (Å²) < 4.78 is 16.8. The number of carbonyl (C=O) groups excluding carboxylic acids is 2. The Morgan fingerprint density at radius 3 is 2.45 bits per heavy atom. The van der Waals surface area contributed by atoms with Gasteiger partial charge in [0.05, 0.1) is 24.0 Å². The average Bonchev–Trinajstić information content (AvgIpc) is 3.22. The standard InChI is InChI=1S/C27H34FN7O3/c1-27(2,3)24(35-15-21(31-32-35)16-5-6-16)26(38)34-14-20(36)11-22(34)25(37)30-23(18-12-29-33(4)13-18)17-7-9-19(28)10-8-17/h7-10,12-13,15-16,20,22-24,36H,5-6,11,14H2,1-4H3,(H,30,37)/t20?,22?,23?,24-/m1/s1. The van der Waals surface area contributed by atoms with E-state index < -0.39 is 35.6 Å². The van der Waals surface area contributed by atoms with Crippen LogP contribution in [-0.4, -0.2) is 65.3 Å². The molecule has 2 amide bonds. The van der Waals surface area contributed by atoms with Gasteiger partial charge in [0.25, 0.3) is 0 Å². The number of benzene rings is 1. The van der Waals surface area contributed by atoms with Crippen molar-refractivity contribution in [1.29, 1.82) is 0 Å². The quantitative estimate of drug-likeness (QED) is 0.491. The second kappa shape index (κ2) is 9.94. The van der Waals surface area contributed by atoms with Gasteiger partial charge in [0.2, 0.25) is 11.8 Å². The number of likely N-dealkylation sites (tertiary alicyclic amines) is 1. The van der Waals surface area contributed by atoms with Crippen LogP contribution >= 0.6 is 0 Å². The third kappa shape index (κ3) is 5.33. The number of rotatable bonds is 7. The summed E-state index contributed by atoms with van der Waals surface area (Å²) in [5, 5.41) is 26.3. The van der Waals surface area contributed by atoms with Crippen molar-refractivity contribution in [1.82, 2.24) is 35.0 Å². The summed E-state index contributed by atoms with van der Waals surface area (Å²) in [4.78, 5) is 29.2. The molecule has 1 aliphatic carbocycles. The Kier molecular flexibility index (Phi) is 6.81. The maximum Gasteiger partial charge on any atom is 0.248 e. The number of hydrogen-bond donors (Lipinski definition) is 2. The Morgan fingerprint density at radius 1 is 1.13 bits per heavy atom. The summed E-state index contributed by atoms with van der Waals surface area (Å²) >= 11 is 0. The highest BCUT2D eigenvalue weighted by atomic mass is 19.1. The molecule has 1 aromatic carbocycles. The zero-order chi connectivity index (χ0) is 27.2. The SMILES string of the molecule is Cn1cc(C(NC(=O)C2CC(O)CN2C(=O)[C@@H](n2cc(C3CC3)nn2)C(C)(C)C)c2ccc(F)cc2)cn1. The molecule has 4 atom stereocenters. The minimum absolute atomic E-state index is 0.0434. The Morgan fingerprint density at radius 2 is 1.84 bits per heavy atom. The molecule has 5 rings (SSSR count). The molecule has 2 aromatic heterocycles. The fourth-order valence-electron chi connectivity index (χ4n) is 5.17. The number of halogens is 1. The van der Waals surface area contributed by atoms with E-state index in [1.807, 2.05) is 27.0 Å². The molecule has 2 fully saturated rings. The normalized spacial score (nSPS) is 21.4. The van der Waals surface area contributed by atoms with Gasteiger partial charge < -0.3 is 15.3 Å². The van der Waals surface area contributed by atoms with Gasteiger partial charge in [-0.25, -0.2) is 9.07 Å². The lowest BCUT2D eigenvalue weighted by Crippen LogP contribution is -2.51. The van der Waals surface area contributed by atoms with Gasteiger partial charge in [0.1, 0.15) is 17.9 Å². The Bertz CT molecular complexity index is 1310. The number of β-amino-alcohol motifs (C(OH)–C–C–N with tert-alkyl or cyclic N) is 1. The lowest BCUT2D eigenvalue weighted by atomic mass is 9.85. The molecule has 1 aliphatic heterocycles. The number of aromatic nitrogens is 5. The minimum atomic E-state index is -0.881. The predicted molar refractivity (Wildman–Crippen MR) is 136 cm³/mol. The number of nitrogens with one attached hydrogen (secondary N) is 1. The number of amides is 2. The lowest BCUT2D eigenvalue weighted by molar-refractivity contribution is -0.144. The van der Waals surface area contributed by atoms with E-state index in [0.717, 1.165) is 18.5 Å². The number of aliphatic hydroxyl groups excluding tert-OH is 1. The van der Waals surface area contributed by atoms with E-state index in [0.29, 0.717) is 17.0 Å². The van der Waals surface area contributed by atoms with Crippen molar-refractivity contribution in [3.8, 4) is 0 Å². The summed E-state index contributed by atoms with van der Waals surface area (Å²) in [6.07, 6.45) is 6.66.